The highest BCUT2D eigenvalue weighted by Crippen LogP contribution is 2.36. The van der Waals surface area contributed by atoms with Gasteiger partial charge >= 0.3 is 0 Å². The summed E-state index contributed by atoms with van der Waals surface area (Å²) in [5.41, 5.74) is 5.95. The van der Waals surface area contributed by atoms with Crippen molar-refractivity contribution in [2.24, 2.45) is 0 Å². The Balaban J connectivity index is 1.50. The first kappa shape index (κ1) is 24.2. The Hall–Kier alpha value is -2.48. The van der Waals surface area contributed by atoms with Crippen molar-refractivity contribution in [1.82, 2.24) is 24.2 Å². The number of anilines is 1. The van der Waals surface area contributed by atoms with Gasteiger partial charge in [-0.3, -0.25) is 14.3 Å². The van der Waals surface area contributed by atoms with Crippen LogP contribution in [0.2, 0.25) is 0 Å². The van der Waals surface area contributed by atoms with Crippen molar-refractivity contribution in [2.45, 2.75) is 58.7 Å². The first-order valence-electron chi connectivity index (χ1n) is 13.3. The number of fused-ring (bicyclic) bond motifs is 1. The molecule has 3 aromatic heterocycles. The molecule has 5 rings (SSSR count). The lowest BCUT2D eigenvalue weighted by atomic mass is 9.96. The molecule has 2 saturated heterocycles. The Bertz CT molecular complexity index is 1130. The van der Waals surface area contributed by atoms with E-state index in [2.05, 4.69) is 77.3 Å². The van der Waals surface area contributed by atoms with Crippen LogP contribution in [0.4, 0.5) is 5.82 Å². The molecule has 188 valence electrons. The van der Waals surface area contributed by atoms with Crippen LogP contribution >= 0.6 is 0 Å². The number of imidazole rings is 1. The van der Waals surface area contributed by atoms with E-state index in [0.29, 0.717) is 25.2 Å². The minimum Gasteiger partial charge on any atom is -0.375 e. The molecular formula is C28H40N6O. The summed E-state index contributed by atoms with van der Waals surface area (Å²) in [4.78, 5) is 17.5. The van der Waals surface area contributed by atoms with E-state index < -0.39 is 0 Å². The monoisotopic (exact) mass is 476 g/mol. The van der Waals surface area contributed by atoms with Crippen molar-refractivity contribution in [3.8, 4) is 0 Å². The van der Waals surface area contributed by atoms with Crippen LogP contribution < -0.4 is 4.90 Å². The molecule has 0 aliphatic carbocycles. The third kappa shape index (κ3) is 4.95. The highest BCUT2D eigenvalue weighted by molar-refractivity contribution is 5.55. The number of piperazine rings is 1. The Kier molecular flexibility index (Phi) is 7.37. The third-order valence-corrected chi connectivity index (χ3v) is 7.60. The van der Waals surface area contributed by atoms with Gasteiger partial charge in [-0.05, 0) is 63.0 Å². The second kappa shape index (κ2) is 10.6. The Morgan fingerprint density at radius 1 is 1.06 bits per heavy atom. The molecule has 0 N–H and O–H groups in total. The quantitative estimate of drug-likeness (QED) is 0.478. The zero-order valence-corrected chi connectivity index (χ0v) is 21.8. The highest BCUT2D eigenvalue weighted by atomic mass is 16.5. The maximum absolute atomic E-state index is 5.99. The molecule has 1 atom stereocenters. The summed E-state index contributed by atoms with van der Waals surface area (Å²) in [6, 6.07) is 11.2. The van der Waals surface area contributed by atoms with Gasteiger partial charge in [-0.1, -0.05) is 26.0 Å². The van der Waals surface area contributed by atoms with Crippen molar-refractivity contribution in [1.29, 1.82) is 0 Å². The van der Waals surface area contributed by atoms with E-state index >= 15 is 0 Å². The number of pyridine rings is 2. The number of ether oxygens (including phenoxy) is 1. The fourth-order valence-electron chi connectivity index (χ4n) is 5.65. The molecular weight excluding hydrogens is 436 g/mol. The molecule has 2 fully saturated rings. The lowest BCUT2D eigenvalue weighted by molar-refractivity contribution is 0.129. The van der Waals surface area contributed by atoms with Gasteiger partial charge in [0, 0.05) is 45.5 Å². The Morgan fingerprint density at radius 2 is 1.89 bits per heavy atom. The molecule has 1 unspecified atom stereocenters. The summed E-state index contributed by atoms with van der Waals surface area (Å²) >= 11 is 0. The first-order valence-corrected chi connectivity index (χ1v) is 13.3. The van der Waals surface area contributed by atoms with Crippen LogP contribution in [-0.4, -0.2) is 70.5 Å². The van der Waals surface area contributed by atoms with E-state index in [0.717, 1.165) is 57.0 Å². The van der Waals surface area contributed by atoms with Crippen molar-refractivity contribution in [3.05, 3.63) is 59.2 Å². The maximum atomic E-state index is 5.99. The fourth-order valence-corrected chi connectivity index (χ4v) is 5.65. The minimum absolute atomic E-state index is 0.343. The standard InChI is InChI=1S/C28H40N6O/c1-5-35-20-25-23(19-33-14-8-10-24(33)28-22(21(2)3)9-7-13-29-28)30-26-11-6-12-27(34(25)26)32-17-15-31(4)16-18-32/h6-7,9,11-13,21,24H,5,8,10,14-20H2,1-4H3. The lowest BCUT2D eigenvalue weighted by Crippen LogP contribution is -2.45. The fraction of sp³-hybridized carbons (Fsp3) is 0.571. The molecule has 35 heavy (non-hydrogen) atoms. The largest absolute Gasteiger partial charge is 0.375 e. The van der Waals surface area contributed by atoms with Gasteiger partial charge in [0.1, 0.15) is 11.5 Å². The van der Waals surface area contributed by atoms with Crippen LogP contribution in [0.25, 0.3) is 5.65 Å². The molecule has 7 nitrogen and oxygen atoms in total. The summed E-state index contributed by atoms with van der Waals surface area (Å²) in [6.45, 7) is 14.0. The first-order chi connectivity index (χ1) is 17.1. The molecule has 2 aliphatic heterocycles. The number of aromatic nitrogens is 3. The van der Waals surface area contributed by atoms with E-state index in [1.165, 1.54) is 29.2 Å². The molecule has 3 aromatic rings. The number of likely N-dealkylation sites (N-methyl/N-ethyl adjacent to an activating group) is 1. The Morgan fingerprint density at radius 3 is 2.66 bits per heavy atom. The summed E-state index contributed by atoms with van der Waals surface area (Å²) in [5.74, 6) is 1.70. The smallest absolute Gasteiger partial charge is 0.138 e. The van der Waals surface area contributed by atoms with Crippen molar-refractivity contribution >= 4 is 11.5 Å². The van der Waals surface area contributed by atoms with E-state index in [4.69, 9.17) is 14.7 Å². The van der Waals surface area contributed by atoms with E-state index in [9.17, 15) is 0 Å². The molecule has 0 bridgehead atoms. The molecule has 5 heterocycles. The minimum atomic E-state index is 0.343. The zero-order chi connectivity index (χ0) is 24.4. The van der Waals surface area contributed by atoms with Crippen LogP contribution in [-0.2, 0) is 17.9 Å². The summed E-state index contributed by atoms with van der Waals surface area (Å²) < 4.78 is 8.34. The van der Waals surface area contributed by atoms with E-state index in [1.54, 1.807) is 0 Å². The normalized spacial score (nSPS) is 19.9. The molecule has 0 radical (unpaired) electrons. The number of hydrogen-bond donors (Lipinski definition) is 0. The number of likely N-dealkylation sites (tertiary alicyclic amines) is 1. The summed E-state index contributed by atoms with van der Waals surface area (Å²) in [5, 5.41) is 0. The van der Waals surface area contributed by atoms with Gasteiger partial charge in [0.05, 0.1) is 29.7 Å². The Labute approximate surface area is 209 Å². The average molecular weight is 477 g/mol. The average Bonchev–Trinajstić information content (AvgIpc) is 3.47. The van der Waals surface area contributed by atoms with Crippen LogP contribution in [0.1, 0.15) is 68.2 Å². The van der Waals surface area contributed by atoms with Crippen LogP contribution in [0, 0.1) is 0 Å². The predicted molar refractivity (Wildman–Crippen MR) is 141 cm³/mol. The third-order valence-electron chi connectivity index (χ3n) is 7.60. The van der Waals surface area contributed by atoms with Gasteiger partial charge in [-0.25, -0.2) is 4.98 Å². The maximum Gasteiger partial charge on any atom is 0.138 e. The summed E-state index contributed by atoms with van der Waals surface area (Å²) in [7, 11) is 2.20. The van der Waals surface area contributed by atoms with Gasteiger partial charge in [0.25, 0.3) is 0 Å². The summed E-state index contributed by atoms with van der Waals surface area (Å²) in [6.07, 6.45) is 4.29. The number of rotatable bonds is 8. The van der Waals surface area contributed by atoms with Gasteiger partial charge in [0.15, 0.2) is 0 Å². The highest BCUT2D eigenvalue weighted by Gasteiger charge is 2.31. The van der Waals surface area contributed by atoms with E-state index in [-0.39, 0.29) is 0 Å². The predicted octanol–water partition coefficient (Wildman–Crippen LogP) is 4.48. The molecule has 0 saturated carbocycles. The zero-order valence-electron chi connectivity index (χ0n) is 21.8. The van der Waals surface area contributed by atoms with Gasteiger partial charge < -0.3 is 14.5 Å². The van der Waals surface area contributed by atoms with Crippen LogP contribution in [0.15, 0.2) is 36.5 Å². The van der Waals surface area contributed by atoms with Crippen molar-refractivity contribution in [2.75, 3.05) is 51.3 Å². The molecule has 0 aromatic carbocycles. The number of nitrogens with zero attached hydrogens (tertiary/aromatic N) is 6. The van der Waals surface area contributed by atoms with Crippen LogP contribution in [0.5, 0.6) is 0 Å². The second-order valence-corrected chi connectivity index (χ2v) is 10.3. The molecule has 7 heteroatoms. The van der Waals surface area contributed by atoms with E-state index in [1.807, 2.05) is 6.20 Å². The SMILES string of the molecule is CCOCc1c(CN2CCCC2c2ncccc2C(C)C)nc2cccc(N3CCN(C)CC3)n12. The lowest BCUT2D eigenvalue weighted by Gasteiger charge is -2.34. The number of hydrogen-bond acceptors (Lipinski definition) is 6. The molecule has 0 spiro atoms. The van der Waals surface area contributed by atoms with Crippen LogP contribution in [0.3, 0.4) is 0 Å². The topological polar surface area (TPSA) is 49.1 Å². The van der Waals surface area contributed by atoms with Gasteiger partial charge in [0.2, 0.25) is 0 Å². The molecule has 0 amide bonds. The van der Waals surface area contributed by atoms with Gasteiger partial charge in [-0.2, -0.15) is 0 Å². The van der Waals surface area contributed by atoms with Gasteiger partial charge in [-0.15, -0.1) is 0 Å². The van der Waals surface area contributed by atoms with Crippen molar-refractivity contribution < 1.29 is 4.74 Å². The second-order valence-electron chi connectivity index (χ2n) is 10.3. The van der Waals surface area contributed by atoms with Crippen molar-refractivity contribution in [3.63, 3.8) is 0 Å². The molecule has 2 aliphatic rings.